The predicted octanol–water partition coefficient (Wildman–Crippen LogP) is 3.20. The molecule has 2 bridgehead atoms. The molecule has 142 valence electrons. The van der Waals surface area contributed by atoms with Crippen molar-refractivity contribution in [1.29, 1.82) is 0 Å². The number of hydrogen-bond donors (Lipinski definition) is 1. The number of aromatic nitrogens is 1. The molecule has 27 heavy (non-hydrogen) atoms. The van der Waals surface area contributed by atoms with Crippen LogP contribution in [-0.4, -0.2) is 59.5 Å². The number of anilines is 1. The van der Waals surface area contributed by atoms with Crippen LogP contribution >= 0.6 is 11.3 Å². The number of aryl methyl sites for hydroxylation is 1. The monoisotopic (exact) mass is 382 g/mol. The second kappa shape index (κ2) is 6.60. The van der Waals surface area contributed by atoms with Crippen LogP contribution in [0.2, 0.25) is 0 Å². The van der Waals surface area contributed by atoms with Crippen LogP contribution < -0.4 is 5.32 Å². The van der Waals surface area contributed by atoms with Gasteiger partial charge in [-0.15, -0.1) is 0 Å². The van der Waals surface area contributed by atoms with Crippen LogP contribution in [0.25, 0.3) is 0 Å². The molecule has 4 aliphatic rings. The molecule has 1 amide bonds. The first-order valence-electron chi connectivity index (χ1n) is 9.92. The Morgan fingerprint density at radius 2 is 1.93 bits per heavy atom. The third-order valence-corrected chi connectivity index (χ3v) is 7.85. The van der Waals surface area contributed by atoms with Crippen molar-refractivity contribution in [3.63, 3.8) is 0 Å². The number of piperidine rings is 3. The van der Waals surface area contributed by atoms with Gasteiger partial charge in [-0.05, 0) is 44.3 Å². The molecule has 0 unspecified atom stereocenters. The smallest absolute Gasteiger partial charge is 0.266 e. The van der Waals surface area contributed by atoms with Gasteiger partial charge in [-0.25, -0.2) is 4.98 Å². The minimum atomic E-state index is 0.175. The zero-order valence-electron chi connectivity index (χ0n) is 15.9. The molecule has 1 aromatic heterocycles. The summed E-state index contributed by atoms with van der Waals surface area (Å²) >= 11 is 1.48. The molecule has 0 aliphatic carbocycles. The molecule has 4 aliphatic heterocycles. The fourth-order valence-electron chi connectivity index (χ4n) is 5.48. The molecule has 1 N–H and O–H groups in total. The number of rotatable bonds is 3. The van der Waals surface area contributed by atoms with Crippen LogP contribution in [0.4, 0.5) is 5.13 Å². The number of nitrogens with one attached hydrogen (secondary N) is 1. The van der Waals surface area contributed by atoms with E-state index in [1.165, 1.54) is 42.8 Å². The van der Waals surface area contributed by atoms with E-state index in [0.717, 1.165) is 22.2 Å². The Balaban J connectivity index is 1.52. The summed E-state index contributed by atoms with van der Waals surface area (Å²) < 4.78 is 0. The first-order valence-corrected chi connectivity index (χ1v) is 10.7. The third-order valence-electron chi connectivity index (χ3n) is 6.69. The standard InChI is InChI=1S/C21H26N4OS/c1-13-19(27-21(22-2)23-13)20(26)25-12-16(14-6-4-3-5-7-14)18-17(25)15-8-10-24(18)11-9-15/h3-7,15-18H,8-12H2,1-2H3,(H,22,23)/t16-,17-,18-/m1/s1. The van der Waals surface area contributed by atoms with Crippen molar-refractivity contribution in [2.45, 2.75) is 37.8 Å². The largest absolute Gasteiger partial charge is 0.365 e. The molecule has 0 saturated carbocycles. The van der Waals surface area contributed by atoms with E-state index >= 15 is 0 Å². The lowest BCUT2D eigenvalue weighted by Crippen LogP contribution is -2.60. The number of benzene rings is 1. The maximum absolute atomic E-state index is 13.6. The topological polar surface area (TPSA) is 48.5 Å². The van der Waals surface area contributed by atoms with Crippen molar-refractivity contribution in [2.24, 2.45) is 5.92 Å². The molecule has 5 heterocycles. The lowest BCUT2D eigenvalue weighted by molar-refractivity contribution is -0.00328. The number of likely N-dealkylation sites (tertiary alicyclic amines) is 1. The van der Waals surface area contributed by atoms with E-state index in [9.17, 15) is 4.79 Å². The molecular formula is C21H26N4OS. The highest BCUT2D eigenvalue weighted by atomic mass is 32.1. The summed E-state index contributed by atoms with van der Waals surface area (Å²) in [5, 5.41) is 3.90. The number of carbonyl (C=O) groups excluding carboxylic acids is 1. The molecule has 6 heteroatoms. The number of amides is 1. The Kier molecular flexibility index (Phi) is 4.20. The normalized spacial score (nSPS) is 31.8. The highest BCUT2D eigenvalue weighted by Gasteiger charge is 2.54. The summed E-state index contributed by atoms with van der Waals surface area (Å²) in [6.07, 6.45) is 2.44. The molecule has 5 nitrogen and oxygen atoms in total. The van der Waals surface area contributed by atoms with Gasteiger partial charge in [-0.2, -0.15) is 0 Å². The predicted molar refractivity (Wildman–Crippen MR) is 108 cm³/mol. The number of thiazole rings is 1. The summed E-state index contributed by atoms with van der Waals surface area (Å²) in [4.78, 5) is 23.7. The average Bonchev–Trinajstić information content (AvgIpc) is 3.31. The van der Waals surface area contributed by atoms with E-state index in [0.29, 0.717) is 23.9 Å². The van der Waals surface area contributed by atoms with Crippen LogP contribution in [0.15, 0.2) is 30.3 Å². The zero-order valence-corrected chi connectivity index (χ0v) is 16.7. The Morgan fingerprint density at radius 3 is 2.59 bits per heavy atom. The van der Waals surface area contributed by atoms with E-state index in [1.54, 1.807) is 0 Å². The lowest BCUT2D eigenvalue weighted by atomic mass is 9.75. The molecule has 3 atom stereocenters. The van der Waals surface area contributed by atoms with Gasteiger partial charge in [-0.3, -0.25) is 9.69 Å². The fourth-order valence-corrected chi connectivity index (χ4v) is 6.36. The summed E-state index contributed by atoms with van der Waals surface area (Å²) in [7, 11) is 1.86. The van der Waals surface area contributed by atoms with E-state index in [-0.39, 0.29) is 5.91 Å². The van der Waals surface area contributed by atoms with Crippen molar-refractivity contribution >= 4 is 22.4 Å². The van der Waals surface area contributed by atoms with E-state index in [4.69, 9.17) is 0 Å². The van der Waals surface area contributed by atoms with Gasteiger partial charge in [0.05, 0.1) is 11.7 Å². The molecule has 2 aromatic rings. The van der Waals surface area contributed by atoms with Gasteiger partial charge in [0, 0.05) is 25.6 Å². The van der Waals surface area contributed by atoms with Gasteiger partial charge < -0.3 is 10.2 Å². The van der Waals surface area contributed by atoms with Crippen molar-refractivity contribution in [2.75, 3.05) is 32.0 Å². The first kappa shape index (κ1) is 17.2. The van der Waals surface area contributed by atoms with Crippen LogP contribution in [0.1, 0.15) is 39.7 Å². The maximum atomic E-state index is 13.6. The third kappa shape index (κ3) is 2.69. The van der Waals surface area contributed by atoms with Crippen molar-refractivity contribution in [1.82, 2.24) is 14.8 Å². The number of hydrogen-bond acceptors (Lipinski definition) is 5. The number of nitrogens with zero attached hydrogens (tertiary/aromatic N) is 3. The summed E-state index contributed by atoms with van der Waals surface area (Å²) in [5.74, 6) is 1.21. The quantitative estimate of drug-likeness (QED) is 0.886. The van der Waals surface area contributed by atoms with Crippen molar-refractivity contribution in [3.05, 3.63) is 46.5 Å². The Hall–Kier alpha value is -1.92. The Labute approximate surface area is 164 Å². The average molecular weight is 383 g/mol. The maximum Gasteiger partial charge on any atom is 0.266 e. The highest BCUT2D eigenvalue weighted by Crippen LogP contribution is 2.47. The van der Waals surface area contributed by atoms with Crippen molar-refractivity contribution in [3.8, 4) is 0 Å². The van der Waals surface area contributed by atoms with Crippen LogP contribution in [0, 0.1) is 12.8 Å². The lowest BCUT2D eigenvalue weighted by Gasteiger charge is -2.51. The number of fused-ring (bicyclic) bond motifs is 2. The van der Waals surface area contributed by atoms with Gasteiger partial charge in [-0.1, -0.05) is 41.7 Å². The minimum Gasteiger partial charge on any atom is -0.365 e. The van der Waals surface area contributed by atoms with E-state index in [2.05, 4.69) is 50.4 Å². The van der Waals surface area contributed by atoms with Crippen molar-refractivity contribution < 1.29 is 4.79 Å². The van der Waals surface area contributed by atoms with Crippen LogP contribution in [0.5, 0.6) is 0 Å². The fraction of sp³-hybridized carbons (Fsp3) is 0.524. The molecule has 4 saturated heterocycles. The van der Waals surface area contributed by atoms with Crippen LogP contribution in [-0.2, 0) is 0 Å². The summed E-state index contributed by atoms with van der Waals surface area (Å²) in [5.41, 5.74) is 2.21. The van der Waals surface area contributed by atoms with Gasteiger partial charge in [0.2, 0.25) is 0 Å². The van der Waals surface area contributed by atoms with Gasteiger partial charge in [0.25, 0.3) is 5.91 Å². The zero-order chi connectivity index (χ0) is 18.5. The molecular weight excluding hydrogens is 356 g/mol. The highest BCUT2D eigenvalue weighted by molar-refractivity contribution is 7.17. The Bertz CT molecular complexity index is 843. The van der Waals surface area contributed by atoms with Gasteiger partial charge >= 0.3 is 0 Å². The van der Waals surface area contributed by atoms with Crippen LogP contribution in [0.3, 0.4) is 0 Å². The molecule has 4 fully saturated rings. The second-order valence-corrected chi connectivity index (χ2v) is 9.01. The van der Waals surface area contributed by atoms with E-state index in [1.807, 2.05) is 14.0 Å². The molecule has 0 spiro atoms. The second-order valence-electron chi connectivity index (χ2n) is 8.01. The molecule has 0 radical (unpaired) electrons. The molecule has 6 rings (SSSR count). The van der Waals surface area contributed by atoms with E-state index < -0.39 is 0 Å². The molecule has 1 aromatic carbocycles. The minimum absolute atomic E-state index is 0.175. The van der Waals surface area contributed by atoms with Gasteiger partial charge in [0.1, 0.15) is 4.88 Å². The SMILES string of the molecule is CNc1nc(C)c(C(=O)N2C[C@H](c3ccccc3)[C@@H]3[C@H]2C2CCN3CC2)s1. The summed E-state index contributed by atoms with van der Waals surface area (Å²) in [6.45, 7) is 5.13. The Morgan fingerprint density at radius 1 is 1.19 bits per heavy atom. The van der Waals surface area contributed by atoms with Gasteiger partial charge in [0.15, 0.2) is 5.13 Å². The summed E-state index contributed by atoms with van der Waals surface area (Å²) in [6, 6.07) is 11.6. The first-order chi connectivity index (χ1) is 13.2. The number of carbonyl (C=O) groups is 1.